The van der Waals surface area contributed by atoms with Crippen molar-refractivity contribution in [1.29, 1.82) is 0 Å². The highest BCUT2D eigenvalue weighted by Crippen LogP contribution is 2.29. The first-order chi connectivity index (χ1) is 8.95. The maximum Gasteiger partial charge on any atom is 0.323 e. The number of hydrogen-bond acceptors (Lipinski definition) is 4. The normalized spacial score (nSPS) is 24.8. The van der Waals surface area contributed by atoms with Crippen LogP contribution in [0.25, 0.3) is 0 Å². The highest BCUT2D eigenvalue weighted by molar-refractivity contribution is 5.78. The van der Waals surface area contributed by atoms with Gasteiger partial charge in [0.1, 0.15) is 17.7 Å². The molecule has 1 aromatic heterocycles. The van der Waals surface area contributed by atoms with Crippen molar-refractivity contribution in [2.45, 2.75) is 58.2 Å². The molecule has 1 fully saturated rings. The van der Waals surface area contributed by atoms with E-state index in [0.717, 1.165) is 25.2 Å². The van der Waals surface area contributed by atoms with Crippen LogP contribution in [-0.2, 0) is 11.3 Å². The van der Waals surface area contributed by atoms with Crippen molar-refractivity contribution in [2.24, 2.45) is 0 Å². The Hall–Kier alpha value is -1.43. The van der Waals surface area contributed by atoms with Crippen LogP contribution < -0.4 is 0 Å². The van der Waals surface area contributed by atoms with Crippen molar-refractivity contribution in [1.82, 2.24) is 19.7 Å². The number of nitrogens with zero attached hydrogens (tertiary/aromatic N) is 4. The van der Waals surface area contributed by atoms with Gasteiger partial charge in [-0.15, -0.1) is 0 Å². The minimum atomic E-state index is -0.786. The van der Waals surface area contributed by atoms with Crippen molar-refractivity contribution in [2.75, 3.05) is 6.54 Å². The summed E-state index contributed by atoms with van der Waals surface area (Å²) in [5.74, 6) is 0.0900. The maximum absolute atomic E-state index is 11.5. The molecule has 1 unspecified atom stereocenters. The van der Waals surface area contributed by atoms with E-state index in [4.69, 9.17) is 0 Å². The first kappa shape index (κ1) is 14.0. The molecular formula is C13H22N4O2. The van der Waals surface area contributed by atoms with E-state index in [9.17, 15) is 9.90 Å². The molecule has 0 spiro atoms. The SMILES string of the molecule is CC(C)n1ncnc1CN1CCCCC1(C)C(=O)O. The molecule has 1 aliphatic rings. The van der Waals surface area contributed by atoms with E-state index in [-0.39, 0.29) is 6.04 Å². The van der Waals surface area contributed by atoms with Gasteiger partial charge in [0.05, 0.1) is 6.54 Å². The van der Waals surface area contributed by atoms with Crippen LogP contribution in [-0.4, -0.2) is 42.8 Å². The molecule has 1 saturated heterocycles. The Morgan fingerprint density at radius 3 is 2.89 bits per heavy atom. The van der Waals surface area contributed by atoms with E-state index in [1.165, 1.54) is 6.33 Å². The van der Waals surface area contributed by atoms with Gasteiger partial charge in [-0.05, 0) is 46.6 Å². The van der Waals surface area contributed by atoms with E-state index in [0.29, 0.717) is 13.0 Å². The number of hydrogen-bond donors (Lipinski definition) is 1. The van der Waals surface area contributed by atoms with Crippen LogP contribution >= 0.6 is 0 Å². The molecule has 2 heterocycles. The van der Waals surface area contributed by atoms with Gasteiger partial charge in [-0.1, -0.05) is 0 Å². The number of aromatic nitrogens is 3. The van der Waals surface area contributed by atoms with Gasteiger partial charge < -0.3 is 5.11 Å². The maximum atomic E-state index is 11.5. The number of carboxylic acid groups (broad SMARTS) is 1. The van der Waals surface area contributed by atoms with Gasteiger partial charge in [0.15, 0.2) is 0 Å². The first-order valence-corrected chi connectivity index (χ1v) is 6.82. The number of piperidine rings is 1. The van der Waals surface area contributed by atoms with Gasteiger partial charge >= 0.3 is 5.97 Å². The lowest BCUT2D eigenvalue weighted by molar-refractivity contribution is -0.153. The molecule has 0 aromatic carbocycles. The summed E-state index contributed by atoms with van der Waals surface area (Å²) in [7, 11) is 0. The van der Waals surface area contributed by atoms with E-state index >= 15 is 0 Å². The first-order valence-electron chi connectivity index (χ1n) is 6.82. The summed E-state index contributed by atoms with van der Waals surface area (Å²) in [5, 5.41) is 13.7. The fourth-order valence-electron chi connectivity index (χ4n) is 2.66. The fraction of sp³-hybridized carbons (Fsp3) is 0.769. The van der Waals surface area contributed by atoms with Gasteiger partial charge in [-0.3, -0.25) is 9.69 Å². The Bertz CT molecular complexity index is 457. The second kappa shape index (κ2) is 5.28. The monoisotopic (exact) mass is 266 g/mol. The van der Waals surface area contributed by atoms with Crippen LogP contribution in [0.5, 0.6) is 0 Å². The Balaban J connectivity index is 2.20. The van der Waals surface area contributed by atoms with Crippen molar-refractivity contribution in [3.05, 3.63) is 12.2 Å². The molecule has 0 saturated carbocycles. The minimum absolute atomic E-state index is 0.235. The molecule has 6 nitrogen and oxygen atoms in total. The van der Waals surface area contributed by atoms with Crippen molar-refractivity contribution in [3.63, 3.8) is 0 Å². The molecule has 0 aliphatic carbocycles. The Morgan fingerprint density at radius 2 is 2.26 bits per heavy atom. The molecule has 1 N–H and O–H groups in total. The standard InChI is InChI=1S/C13H22N4O2/c1-10(2)17-11(14-9-15-17)8-16-7-5-4-6-13(16,3)12(18)19/h9-10H,4-8H2,1-3H3,(H,18,19). The second-order valence-corrected chi connectivity index (χ2v) is 5.67. The molecule has 1 aliphatic heterocycles. The topological polar surface area (TPSA) is 71.2 Å². The van der Waals surface area contributed by atoms with Crippen molar-refractivity contribution < 1.29 is 9.90 Å². The molecule has 0 radical (unpaired) electrons. The third-order valence-corrected chi connectivity index (χ3v) is 3.97. The molecule has 19 heavy (non-hydrogen) atoms. The number of rotatable bonds is 4. The number of carbonyl (C=O) groups is 1. The second-order valence-electron chi connectivity index (χ2n) is 5.67. The highest BCUT2D eigenvalue weighted by atomic mass is 16.4. The van der Waals surface area contributed by atoms with Gasteiger partial charge in [0.25, 0.3) is 0 Å². The lowest BCUT2D eigenvalue weighted by Gasteiger charge is -2.41. The molecule has 2 rings (SSSR count). The van der Waals surface area contributed by atoms with Crippen LogP contribution in [0.1, 0.15) is 51.9 Å². The molecule has 1 aromatic rings. The summed E-state index contributed by atoms with van der Waals surface area (Å²) in [6, 6.07) is 0.235. The molecule has 6 heteroatoms. The molecule has 0 amide bonds. The van der Waals surface area contributed by atoms with Gasteiger partial charge in [0.2, 0.25) is 0 Å². The average molecular weight is 266 g/mol. The Morgan fingerprint density at radius 1 is 1.53 bits per heavy atom. The van der Waals surface area contributed by atoms with Crippen LogP contribution in [0.4, 0.5) is 0 Å². The molecule has 0 bridgehead atoms. The summed E-state index contributed by atoms with van der Waals surface area (Å²) in [6.45, 7) is 7.24. The average Bonchev–Trinajstić information content (AvgIpc) is 2.80. The van der Waals surface area contributed by atoms with Crippen LogP contribution in [0.2, 0.25) is 0 Å². The van der Waals surface area contributed by atoms with Crippen LogP contribution in [0.15, 0.2) is 6.33 Å². The van der Waals surface area contributed by atoms with E-state index in [2.05, 4.69) is 10.1 Å². The van der Waals surface area contributed by atoms with Crippen LogP contribution in [0.3, 0.4) is 0 Å². The van der Waals surface area contributed by atoms with E-state index < -0.39 is 11.5 Å². The number of carboxylic acids is 1. The van der Waals surface area contributed by atoms with Gasteiger partial charge in [-0.25, -0.2) is 9.67 Å². The molecule has 106 valence electrons. The summed E-state index contributed by atoms with van der Waals surface area (Å²) in [5.41, 5.74) is -0.786. The predicted molar refractivity (Wildman–Crippen MR) is 70.7 cm³/mol. The predicted octanol–water partition coefficient (Wildman–Crippen LogP) is 1.69. The quantitative estimate of drug-likeness (QED) is 0.898. The number of aliphatic carboxylic acids is 1. The summed E-state index contributed by atoms with van der Waals surface area (Å²) < 4.78 is 1.86. The lowest BCUT2D eigenvalue weighted by atomic mass is 9.88. The van der Waals surface area contributed by atoms with Crippen molar-refractivity contribution in [3.8, 4) is 0 Å². The zero-order valence-electron chi connectivity index (χ0n) is 11.8. The van der Waals surface area contributed by atoms with Gasteiger partial charge in [0, 0.05) is 6.04 Å². The largest absolute Gasteiger partial charge is 0.480 e. The molecule has 1 atom stereocenters. The lowest BCUT2D eigenvalue weighted by Crippen LogP contribution is -2.54. The Kier molecular flexibility index (Phi) is 3.89. The number of likely N-dealkylation sites (tertiary alicyclic amines) is 1. The summed E-state index contributed by atoms with van der Waals surface area (Å²) >= 11 is 0. The zero-order chi connectivity index (χ0) is 14.0. The third kappa shape index (κ3) is 2.63. The smallest absolute Gasteiger partial charge is 0.323 e. The summed E-state index contributed by atoms with van der Waals surface area (Å²) in [6.07, 6.45) is 4.24. The van der Waals surface area contributed by atoms with Crippen molar-refractivity contribution >= 4 is 5.97 Å². The van der Waals surface area contributed by atoms with Crippen LogP contribution in [0, 0.1) is 0 Å². The highest BCUT2D eigenvalue weighted by Gasteiger charge is 2.41. The minimum Gasteiger partial charge on any atom is -0.480 e. The fourth-order valence-corrected chi connectivity index (χ4v) is 2.66. The van der Waals surface area contributed by atoms with E-state index in [1.54, 1.807) is 0 Å². The summed E-state index contributed by atoms with van der Waals surface area (Å²) in [4.78, 5) is 17.8. The Labute approximate surface area is 113 Å². The molecular weight excluding hydrogens is 244 g/mol. The zero-order valence-corrected chi connectivity index (χ0v) is 11.8. The third-order valence-electron chi connectivity index (χ3n) is 3.97. The van der Waals surface area contributed by atoms with Gasteiger partial charge in [-0.2, -0.15) is 5.10 Å². The van der Waals surface area contributed by atoms with E-state index in [1.807, 2.05) is 30.4 Å².